The molecule has 112 valence electrons. The number of aromatic nitrogens is 3. The second-order valence-corrected chi connectivity index (χ2v) is 6.11. The van der Waals surface area contributed by atoms with Crippen molar-refractivity contribution in [3.05, 3.63) is 21.9 Å². The number of nitrogens with one attached hydrogen (secondary N) is 2. The predicted octanol–water partition coefficient (Wildman–Crippen LogP) is 2.50. The van der Waals surface area contributed by atoms with Gasteiger partial charge in [0, 0.05) is 25.0 Å². The van der Waals surface area contributed by atoms with E-state index in [1.807, 2.05) is 7.05 Å². The normalized spacial score (nSPS) is 14.5. The van der Waals surface area contributed by atoms with Crippen LogP contribution in [0.2, 0.25) is 0 Å². The first kappa shape index (κ1) is 14.1. The van der Waals surface area contributed by atoms with Crippen molar-refractivity contribution in [2.45, 2.75) is 26.3 Å². The maximum Gasteiger partial charge on any atom is 0.231 e. The lowest BCUT2D eigenvalue weighted by atomic mass is 10.3. The summed E-state index contributed by atoms with van der Waals surface area (Å²) in [7, 11) is 1.83. The van der Waals surface area contributed by atoms with E-state index < -0.39 is 0 Å². The highest BCUT2D eigenvalue weighted by atomic mass is 32.1. The number of anilines is 3. The van der Waals surface area contributed by atoms with E-state index in [2.05, 4.69) is 48.9 Å². The van der Waals surface area contributed by atoms with E-state index >= 15 is 0 Å². The number of hydrogen-bond donors (Lipinski definition) is 2. The molecule has 0 radical (unpaired) electrons. The van der Waals surface area contributed by atoms with Crippen molar-refractivity contribution >= 4 is 29.2 Å². The second-order valence-electron chi connectivity index (χ2n) is 5.11. The van der Waals surface area contributed by atoms with Crippen molar-refractivity contribution in [3.63, 3.8) is 0 Å². The van der Waals surface area contributed by atoms with Gasteiger partial charge in [-0.25, -0.2) is 0 Å². The zero-order valence-electron chi connectivity index (χ0n) is 12.4. The predicted molar refractivity (Wildman–Crippen MR) is 87.2 cm³/mol. The lowest BCUT2D eigenvalue weighted by Crippen LogP contribution is -2.22. The summed E-state index contributed by atoms with van der Waals surface area (Å²) in [5.41, 5.74) is 1.30. The molecule has 3 heterocycles. The third kappa shape index (κ3) is 3.24. The lowest BCUT2D eigenvalue weighted by molar-refractivity contribution is 0.878. The topological polar surface area (TPSA) is 66.0 Å². The van der Waals surface area contributed by atoms with Crippen molar-refractivity contribution in [2.75, 3.05) is 35.7 Å². The Labute approximate surface area is 128 Å². The maximum absolute atomic E-state index is 4.55. The number of aryl methyl sites for hydroxylation is 1. The summed E-state index contributed by atoms with van der Waals surface area (Å²) in [4.78, 5) is 16.9. The molecule has 1 saturated heterocycles. The summed E-state index contributed by atoms with van der Waals surface area (Å²) in [5, 5.41) is 8.42. The Bertz CT molecular complexity index is 605. The molecule has 1 fully saturated rings. The molecule has 3 rings (SSSR count). The molecule has 0 spiro atoms. The Balaban J connectivity index is 1.77. The third-order valence-electron chi connectivity index (χ3n) is 3.61. The Morgan fingerprint density at radius 2 is 1.95 bits per heavy atom. The van der Waals surface area contributed by atoms with Gasteiger partial charge in [0.1, 0.15) is 0 Å². The van der Waals surface area contributed by atoms with Crippen molar-refractivity contribution in [1.82, 2.24) is 15.0 Å². The average molecular weight is 304 g/mol. The molecule has 0 aromatic carbocycles. The smallest absolute Gasteiger partial charge is 0.231 e. The Morgan fingerprint density at radius 3 is 2.62 bits per heavy atom. The van der Waals surface area contributed by atoms with Crippen LogP contribution in [-0.2, 0) is 6.54 Å². The molecular weight excluding hydrogens is 284 g/mol. The summed E-state index contributed by atoms with van der Waals surface area (Å²) in [6.45, 7) is 4.92. The van der Waals surface area contributed by atoms with Crippen molar-refractivity contribution in [3.8, 4) is 0 Å². The molecular formula is C14H20N6S. The molecule has 0 bridgehead atoms. The van der Waals surface area contributed by atoms with Crippen molar-refractivity contribution < 1.29 is 0 Å². The van der Waals surface area contributed by atoms with Gasteiger partial charge in [0.05, 0.1) is 6.54 Å². The van der Waals surface area contributed by atoms with Gasteiger partial charge >= 0.3 is 0 Å². The Hall–Kier alpha value is -1.89. The van der Waals surface area contributed by atoms with E-state index in [9.17, 15) is 0 Å². The summed E-state index contributed by atoms with van der Waals surface area (Å²) < 4.78 is 0. The molecule has 0 amide bonds. The standard InChI is InChI=1S/C14H20N6S/c1-10-5-8-21-11(10)9-16-13-17-12(15-2)18-14(19-13)20-6-3-4-7-20/h5,8H,3-4,6-7,9H2,1-2H3,(H2,15,16,17,18,19). The first-order valence-corrected chi connectivity index (χ1v) is 8.10. The second kappa shape index (κ2) is 6.26. The highest BCUT2D eigenvalue weighted by Gasteiger charge is 2.17. The van der Waals surface area contributed by atoms with Gasteiger partial charge < -0.3 is 15.5 Å². The lowest BCUT2D eigenvalue weighted by Gasteiger charge is -2.16. The molecule has 0 saturated carbocycles. The zero-order valence-corrected chi connectivity index (χ0v) is 13.2. The number of hydrogen-bond acceptors (Lipinski definition) is 7. The quantitative estimate of drug-likeness (QED) is 0.885. The van der Waals surface area contributed by atoms with Gasteiger partial charge in [0.15, 0.2) is 0 Å². The first-order valence-electron chi connectivity index (χ1n) is 7.22. The molecule has 1 aliphatic heterocycles. The molecule has 6 nitrogen and oxygen atoms in total. The monoisotopic (exact) mass is 304 g/mol. The molecule has 0 aliphatic carbocycles. The summed E-state index contributed by atoms with van der Waals surface area (Å²) >= 11 is 1.75. The van der Waals surface area contributed by atoms with Crippen LogP contribution in [0.5, 0.6) is 0 Å². The number of thiophene rings is 1. The van der Waals surface area contributed by atoms with Crippen LogP contribution < -0.4 is 15.5 Å². The van der Waals surface area contributed by atoms with Crippen molar-refractivity contribution in [2.24, 2.45) is 0 Å². The minimum atomic E-state index is 0.609. The highest BCUT2D eigenvalue weighted by Crippen LogP contribution is 2.20. The number of nitrogens with zero attached hydrogens (tertiary/aromatic N) is 4. The minimum absolute atomic E-state index is 0.609. The number of rotatable bonds is 5. The fraction of sp³-hybridized carbons (Fsp3) is 0.500. The van der Waals surface area contributed by atoms with Gasteiger partial charge in [-0.2, -0.15) is 15.0 Å². The third-order valence-corrected chi connectivity index (χ3v) is 4.63. The van der Waals surface area contributed by atoms with E-state index in [1.54, 1.807) is 11.3 Å². The molecule has 21 heavy (non-hydrogen) atoms. The molecule has 1 aliphatic rings. The van der Waals surface area contributed by atoms with Crippen LogP contribution in [0.25, 0.3) is 0 Å². The zero-order chi connectivity index (χ0) is 14.7. The highest BCUT2D eigenvalue weighted by molar-refractivity contribution is 7.10. The SMILES string of the molecule is CNc1nc(NCc2sccc2C)nc(N2CCCC2)n1. The van der Waals surface area contributed by atoms with Gasteiger partial charge in [-0.15, -0.1) is 11.3 Å². The fourth-order valence-electron chi connectivity index (χ4n) is 2.36. The maximum atomic E-state index is 4.55. The van der Waals surface area contributed by atoms with E-state index in [0.29, 0.717) is 11.9 Å². The minimum Gasteiger partial charge on any atom is -0.357 e. The molecule has 2 aromatic heterocycles. The van der Waals surface area contributed by atoms with Crippen LogP contribution in [0, 0.1) is 6.92 Å². The van der Waals surface area contributed by atoms with Crippen LogP contribution in [0.1, 0.15) is 23.3 Å². The van der Waals surface area contributed by atoms with Gasteiger partial charge in [0.25, 0.3) is 0 Å². The van der Waals surface area contributed by atoms with E-state index in [4.69, 9.17) is 0 Å². The average Bonchev–Trinajstić information content (AvgIpc) is 3.16. The van der Waals surface area contributed by atoms with Crippen LogP contribution in [0.15, 0.2) is 11.4 Å². The van der Waals surface area contributed by atoms with Crippen LogP contribution in [0.4, 0.5) is 17.8 Å². The first-order chi connectivity index (χ1) is 10.3. The van der Waals surface area contributed by atoms with Gasteiger partial charge in [-0.1, -0.05) is 0 Å². The molecule has 7 heteroatoms. The van der Waals surface area contributed by atoms with E-state index in [0.717, 1.165) is 25.6 Å². The van der Waals surface area contributed by atoms with Gasteiger partial charge in [-0.05, 0) is 36.8 Å². The molecule has 2 aromatic rings. The Morgan fingerprint density at radius 1 is 1.19 bits per heavy atom. The molecule has 0 atom stereocenters. The summed E-state index contributed by atoms with van der Waals surface area (Å²) in [5.74, 6) is 2.00. The fourth-order valence-corrected chi connectivity index (χ4v) is 3.20. The Kier molecular flexibility index (Phi) is 4.19. The molecule has 2 N–H and O–H groups in total. The van der Waals surface area contributed by atoms with Crippen LogP contribution in [0.3, 0.4) is 0 Å². The van der Waals surface area contributed by atoms with Crippen LogP contribution >= 0.6 is 11.3 Å². The largest absolute Gasteiger partial charge is 0.357 e. The summed E-state index contributed by atoms with van der Waals surface area (Å²) in [6.07, 6.45) is 2.41. The summed E-state index contributed by atoms with van der Waals surface area (Å²) in [6, 6.07) is 2.13. The van der Waals surface area contributed by atoms with Crippen LogP contribution in [-0.4, -0.2) is 35.1 Å². The molecule has 0 unspecified atom stereocenters. The van der Waals surface area contributed by atoms with Crippen molar-refractivity contribution in [1.29, 1.82) is 0 Å². The van der Waals surface area contributed by atoms with E-state index in [-0.39, 0.29) is 0 Å². The van der Waals surface area contributed by atoms with Gasteiger partial charge in [-0.3, -0.25) is 0 Å². The van der Waals surface area contributed by atoms with E-state index in [1.165, 1.54) is 23.3 Å². The van der Waals surface area contributed by atoms with Gasteiger partial charge in [0.2, 0.25) is 17.8 Å².